The van der Waals surface area contributed by atoms with E-state index < -0.39 is 0 Å². The Labute approximate surface area is 159 Å². The van der Waals surface area contributed by atoms with E-state index in [0.29, 0.717) is 22.7 Å². The largest absolute Gasteiger partial charge is 0.467 e. The summed E-state index contributed by atoms with van der Waals surface area (Å²) in [5.41, 5.74) is 1.15. The number of hydrogen-bond donors (Lipinski definition) is 2. The molecular formula is C20H15N3O3S. The van der Waals surface area contributed by atoms with Crippen LogP contribution in [0.4, 0.5) is 5.69 Å². The zero-order chi connectivity index (χ0) is 18.6. The van der Waals surface area contributed by atoms with Crippen molar-refractivity contribution in [3.05, 3.63) is 83.9 Å². The smallest absolute Gasteiger partial charge is 0.276 e. The molecule has 0 spiro atoms. The minimum absolute atomic E-state index is 0.269. The van der Waals surface area contributed by atoms with Gasteiger partial charge in [0, 0.05) is 5.39 Å². The normalized spacial score (nSPS) is 10.7. The number of anilines is 1. The van der Waals surface area contributed by atoms with Crippen LogP contribution >= 0.6 is 11.5 Å². The van der Waals surface area contributed by atoms with Gasteiger partial charge < -0.3 is 15.1 Å². The summed E-state index contributed by atoms with van der Waals surface area (Å²) in [4.78, 5) is 25.2. The lowest BCUT2D eigenvalue weighted by atomic mass is 10.1. The van der Waals surface area contributed by atoms with Gasteiger partial charge in [-0.15, -0.1) is 0 Å². The van der Waals surface area contributed by atoms with E-state index in [9.17, 15) is 9.59 Å². The summed E-state index contributed by atoms with van der Waals surface area (Å²) in [6, 6.07) is 17.9. The second kappa shape index (κ2) is 7.43. The Kier molecular flexibility index (Phi) is 4.67. The number of furan rings is 1. The minimum Gasteiger partial charge on any atom is -0.467 e. The standard InChI is InChI=1S/C20H15N3O3S/c24-19(21-12-13-6-5-11-26-13)14-7-1-3-9-16(14)22-20(25)18-15-8-2-4-10-17(15)27-23-18/h1-11H,12H2,(H,21,24)(H,22,25). The number of nitrogens with zero attached hydrogens (tertiary/aromatic N) is 1. The maximum atomic E-state index is 12.7. The number of amides is 2. The van der Waals surface area contributed by atoms with Crippen LogP contribution in [0.25, 0.3) is 10.1 Å². The van der Waals surface area contributed by atoms with Gasteiger partial charge in [0.05, 0.1) is 28.8 Å². The van der Waals surface area contributed by atoms with E-state index in [1.165, 1.54) is 11.5 Å². The van der Waals surface area contributed by atoms with Crippen molar-refractivity contribution < 1.29 is 14.0 Å². The second-order valence-corrected chi connectivity index (χ2v) is 6.59. The molecule has 134 valence electrons. The Morgan fingerprint density at radius 2 is 1.78 bits per heavy atom. The average Bonchev–Trinajstić information content (AvgIpc) is 3.36. The Hall–Kier alpha value is -3.45. The minimum atomic E-state index is -0.348. The molecule has 4 aromatic rings. The summed E-state index contributed by atoms with van der Waals surface area (Å²) in [5, 5.41) is 6.37. The van der Waals surface area contributed by atoms with E-state index >= 15 is 0 Å². The molecule has 2 amide bonds. The average molecular weight is 377 g/mol. The van der Waals surface area contributed by atoms with E-state index in [4.69, 9.17) is 4.42 Å². The number of carbonyl (C=O) groups excluding carboxylic acids is 2. The molecule has 0 atom stereocenters. The highest BCUT2D eigenvalue weighted by atomic mass is 32.1. The molecule has 7 heteroatoms. The van der Waals surface area contributed by atoms with E-state index in [2.05, 4.69) is 15.0 Å². The SMILES string of the molecule is O=C(NCc1ccco1)c1ccccc1NC(=O)c1nsc2ccccc12. The van der Waals surface area contributed by atoms with Gasteiger partial charge in [0.25, 0.3) is 11.8 Å². The van der Waals surface area contributed by atoms with Crippen molar-refractivity contribution in [3.8, 4) is 0 Å². The Morgan fingerprint density at radius 1 is 0.963 bits per heavy atom. The fourth-order valence-corrected chi connectivity index (χ4v) is 3.47. The van der Waals surface area contributed by atoms with Gasteiger partial charge in [-0.25, -0.2) is 0 Å². The number of rotatable bonds is 5. The van der Waals surface area contributed by atoms with Crippen LogP contribution in [0, 0.1) is 0 Å². The lowest BCUT2D eigenvalue weighted by Gasteiger charge is -2.10. The Bertz CT molecular complexity index is 1100. The van der Waals surface area contributed by atoms with Crippen LogP contribution in [0.3, 0.4) is 0 Å². The molecule has 2 aromatic carbocycles. The molecule has 0 fully saturated rings. The third kappa shape index (κ3) is 3.58. The van der Waals surface area contributed by atoms with Gasteiger partial charge in [0.1, 0.15) is 11.5 Å². The summed E-state index contributed by atoms with van der Waals surface area (Å²) in [7, 11) is 0. The van der Waals surface area contributed by atoms with Gasteiger partial charge in [0.2, 0.25) is 0 Å². The Morgan fingerprint density at radius 3 is 2.63 bits per heavy atom. The molecular weight excluding hydrogens is 362 g/mol. The summed E-state index contributed by atoms with van der Waals surface area (Å²) >= 11 is 1.27. The molecule has 2 N–H and O–H groups in total. The monoisotopic (exact) mass is 377 g/mol. The molecule has 0 aliphatic rings. The van der Waals surface area contributed by atoms with Crippen molar-refractivity contribution in [2.24, 2.45) is 0 Å². The number of fused-ring (bicyclic) bond motifs is 1. The molecule has 27 heavy (non-hydrogen) atoms. The summed E-state index contributed by atoms with van der Waals surface area (Å²) in [5.74, 6) is 0.00276. The number of benzene rings is 2. The molecule has 0 radical (unpaired) electrons. The Balaban J connectivity index is 1.54. The number of nitrogens with one attached hydrogen (secondary N) is 2. The third-order valence-electron chi connectivity index (χ3n) is 4.02. The summed E-state index contributed by atoms with van der Waals surface area (Å²) in [6.45, 7) is 0.269. The van der Waals surface area contributed by atoms with Gasteiger partial charge in [-0.2, -0.15) is 4.37 Å². The highest BCUT2D eigenvalue weighted by molar-refractivity contribution is 7.13. The van der Waals surface area contributed by atoms with Crippen molar-refractivity contribution in [1.29, 1.82) is 0 Å². The van der Waals surface area contributed by atoms with E-state index in [1.807, 2.05) is 24.3 Å². The van der Waals surface area contributed by atoms with Crippen molar-refractivity contribution in [2.75, 3.05) is 5.32 Å². The zero-order valence-electron chi connectivity index (χ0n) is 14.1. The number of hydrogen-bond acceptors (Lipinski definition) is 5. The quantitative estimate of drug-likeness (QED) is 0.549. The number of para-hydroxylation sites is 1. The predicted molar refractivity (Wildman–Crippen MR) is 104 cm³/mol. The van der Waals surface area contributed by atoms with Crippen LogP contribution in [0.2, 0.25) is 0 Å². The molecule has 6 nitrogen and oxygen atoms in total. The first-order valence-corrected chi connectivity index (χ1v) is 9.05. The van der Waals surface area contributed by atoms with Crippen LogP contribution in [0.5, 0.6) is 0 Å². The molecule has 0 unspecified atom stereocenters. The van der Waals surface area contributed by atoms with Crippen LogP contribution in [0.15, 0.2) is 71.3 Å². The highest BCUT2D eigenvalue weighted by Gasteiger charge is 2.17. The first-order chi connectivity index (χ1) is 13.2. The number of carbonyl (C=O) groups is 2. The maximum Gasteiger partial charge on any atom is 0.276 e. The van der Waals surface area contributed by atoms with Crippen molar-refractivity contribution in [3.63, 3.8) is 0 Å². The van der Waals surface area contributed by atoms with Crippen LogP contribution < -0.4 is 10.6 Å². The van der Waals surface area contributed by atoms with Gasteiger partial charge in [-0.1, -0.05) is 30.3 Å². The molecule has 2 heterocycles. The van der Waals surface area contributed by atoms with Crippen LogP contribution in [-0.2, 0) is 6.54 Å². The van der Waals surface area contributed by atoms with Crippen LogP contribution in [0.1, 0.15) is 26.6 Å². The lowest BCUT2D eigenvalue weighted by molar-refractivity contribution is 0.0949. The molecule has 0 aliphatic carbocycles. The topological polar surface area (TPSA) is 84.2 Å². The first-order valence-electron chi connectivity index (χ1n) is 8.28. The summed E-state index contributed by atoms with van der Waals surface area (Å²) in [6.07, 6.45) is 1.55. The fourth-order valence-electron chi connectivity index (χ4n) is 2.70. The van der Waals surface area contributed by atoms with Crippen molar-refractivity contribution in [2.45, 2.75) is 6.54 Å². The fraction of sp³-hybridized carbons (Fsp3) is 0.0500. The number of aromatic nitrogens is 1. The van der Waals surface area contributed by atoms with Gasteiger partial charge in [-0.05, 0) is 41.9 Å². The lowest BCUT2D eigenvalue weighted by Crippen LogP contribution is -2.24. The molecule has 2 aromatic heterocycles. The molecule has 0 aliphatic heterocycles. The van der Waals surface area contributed by atoms with Crippen molar-refractivity contribution in [1.82, 2.24) is 9.69 Å². The van der Waals surface area contributed by atoms with Crippen LogP contribution in [-0.4, -0.2) is 16.2 Å². The molecule has 0 saturated carbocycles. The van der Waals surface area contributed by atoms with E-state index in [1.54, 1.807) is 42.7 Å². The first kappa shape index (κ1) is 17.0. The molecule has 0 bridgehead atoms. The van der Waals surface area contributed by atoms with Gasteiger partial charge >= 0.3 is 0 Å². The van der Waals surface area contributed by atoms with E-state index in [0.717, 1.165) is 10.1 Å². The zero-order valence-corrected chi connectivity index (χ0v) is 15.0. The van der Waals surface area contributed by atoms with Crippen molar-refractivity contribution >= 4 is 39.1 Å². The van der Waals surface area contributed by atoms with Gasteiger partial charge in [0.15, 0.2) is 0 Å². The third-order valence-corrected chi connectivity index (χ3v) is 4.84. The maximum absolute atomic E-state index is 12.7. The summed E-state index contributed by atoms with van der Waals surface area (Å²) < 4.78 is 10.4. The molecule has 4 rings (SSSR count). The molecule has 0 saturated heterocycles. The van der Waals surface area contributed by atoms with E-state index in [-0.39, 0.29) is 18.4 Å². The predicted octanol–water partition coefficient (Wildman–Crippen LogP) is 4.07. The second-order valence-electron chi connectivity index (χ2n) is 5.79. The highest BCUT2D eigenvalue weighted by Crippen LogP contribution is 2.24. The van der Waals surface area contributed by atoms with Gasteiger partial charge in [-0.3, -0.25) is 9.59 Å².